The largest absolute Gasteiger partial charge is 0.377 e. The van der Waals surface area contributed by atoms with Gasteiger partial charge in [0.1, 0.15) is 5.82 Å². The molecule has 0 unspecified atom stereocenters. The molecule has 1 rings (SSSR count). The Morgan fingerprint density at radius 2 is 2.00 bits per heavy atom. The molecule has 0 radical (unpaired) electrons. The molecule has 0 heterocycles. The lowest BCUT2D eigenvalue weighted by Crippen LogP contribution is -2.31. The maximum Gasteiger partial charge on any atom is 0.146 e. The summed E-state index contributed by atoms with van der Waals surface area (Å²) in [7, 11) is 0. The van der Waals surface area contributed by atoms with Crippen LogP contribution < -0.4 is 10.6 Å². The lowest BCUT2D eigenvalue weighted by atomic mass is 10.2. The molecule has 0 amide bonds. The van der Waals surface area contributed by atoms with Gasteiger partial charge in [0.2, 0.25) is 0 Å². The smallest absolute Gasteiger partial charge is 0.146 e. The topological polar surface area (TPSA) is 38.5 Å². The van der Waals surface area contributed by atoms with E-state index in [1.165, 1.54) is 6.07 Å². The SMILES string of the molecule is CC(C)OCCN(CCCN)c1ccccc1F. The van der Waals surface area contributed by atoms with E-state index in [4.69, 9.17) is 10.5 Å². The molecule has 1 aromatic carbocycles. The van der Waals surface area contributed by atoms with Crippen molar-refractivity contribution in [2.75, 3.05) is 31.1 Å². The number of halogens is 1. The van der Waals surface area contributed by atoms with Crippen molar-refractivity contribution >= 4 is 5.69 Å². The zero-order valence-corrected chi connectivity index (χ0v) is 11.2. The maximum absolute atomic E-state index is 13.7. The average molecular weight is 254 g/mol. The Kier molecular flexibility index (Phi) is 6.68. The molecular weight excluding hydrogens is 231 g/mol. The molecule has 0 aliphatic heterocycles. The van der Waals surface area contributed by atoms with Crippen LogP contribution in [0, 0.1) is 5.82 Å². The Morgan fingerprint density at radius 3 is 2.61 bits per heavy atom. The van der Waals surface area contributed by atoms with E-state index < -0.39 is 0 Å². The minimum Gasteiger partial charge on any atom is -0.377 e. The number of hydrogen-bond donors (Lipinski definition) is 1. The van der Waals surface area contributed by atoms with Crippen molar-refractivity contribution in [2.45, 2.75) is 26.4 Å². The predicted molar refractivity (Wildman–Crippen MR) is 73.4 cm³/mol. The highest BCUT2D eigenvalue weighted by atomic mass is 19.1. The predicted octanol–water partition coefficient (Wildman–Crippen LogP) is 2.41. The first-order valence-electron chi connectivity index (χ1n) is 6.46. The molecule has 0 atom stereocenters. The number of nitrogens with zero attached hydrogens (tertiary/aromatic N) is 1. The quantitative estimate of drug-likeness (QED) is 0.774. The van der Waals surface area contributed by atoms with E-state index in [2.05, 4.69) is 0 Å². The van der Waals surface area contributed by atoms with Gasteiger partial charge in [-0.15, -0.1) is 0 Å². The number of rotatable bonds is 8. The Morgan fingerprint density at radius 1 is 1.28 bits per heavy atom. The standard InChI is InChI=1S/C14H23FN2O/c1-12(2)18-11-10-17(9-5-8-16)14-7-4-3-6-13(14)15/h3-4,6-7,12H,5,8-11,16H2,1-2H3. The number of nitrogens with two attached hydrogens (primary N) is 1. The summed E-state index contributed by atoms with van der Waals surface area (Å²) in [5.41, 5.74) is 6.14. The highest BCUT2D eigenvalue weighted by molar-refractivity contribution is 5.47. The minimum atomic E-state index is -0.195. The Bertz CT molecular complexity index is 344. The second-order valence-corrected chi connectivity index (χ2v) is 4.50. The fraction of sp³-hybridized carbons (Fsp3) is 0.571. The van der Waals surface area contributed by atoms with Gasteiger partial charge < -0.3 is 15.4 Å². The van der Waals surface area contributed by atoms with Crippen molar-refractivity contribution < 1.29 is 9.13 Å². The number of benzene rings is 1. The van der Waals surface area contributed by atoms with Gasteiger partial charge in [0.25, 0.3) is 0 Å². The zero-order chi connectivity index (χ0) is 13.4. The van der Waals surface area contributed by atoms with Crippen molar-refractivity contribution in [1.29, 1.82) is 0 Å². The number of para-hydroxylation sites is 1. The summed E-state index contributed by atoms with van der Waals surface area (Å²) in [6.45, 7) is 6.62. The molecule has 0 saturated heterocycles. The molecule has 0 aromatic heterocycles. The molecule has 102 valence electrons. The highest BCUT2D eigenvalue weighted by Crippen LogP contribution is 2.18. The summed E-state index contributed by atoms with van der Waals surface area (Å²) >= 11 is 0. The van der Waals surface area contributed by atoms with Crippen molar-refractivity contribution in [3.63, 3.8) is 0 Å². The molecule has 1 aromatic rings. The lowest BCUT2D eigenvalue weighted by Gasteiger charge is -2.25. The van der Waals surface area contributed by atoms with Crippen LogP contribution in [0.5, 0.6) is 0 Å². The van der Waals surface area contributed by atoms with Crippen molar-refractivity contribution in [1.82, 2.24) is 0 Å². The van der Waals surface area contributed by atoms with Gasteiger partial charge in [0.15, 0.2) is 0 Å². The highest BCUT2D eigenvalue weighted by Gasteiger charge is 2.10. The monoisotopic (exact) mass is 254 g/mol. The van der Waals surface area contributed by atoms with Crippen LogP contribution in [0.25, 0.3) is 0 Å². The molecule has 0 fully saturated rings. The van der Waals surface area contributed by atoms with E-state index in [1.807, 2.05) is 24.8 Å². The molecule has 18 heavy (non-hydrogen) atoms. The molecule has 3 nitrogen and oxygen atoms in total. The van der Waals surface area contributed by atoms with E-state index in [0.717, 1.165) is 13.0 Å². The van der Waals surface area contributed by atoms with Crippen LogP contribution >= 0.6 is 0 Å². The van der Waals surface area contributed by atoms with Crippen LogP contribution in [0.15, 0.2) is 24.3 Å². The van der Waals surface area contributed by atoms with Gasteiger partial charge in [-0.2, -0.15) is 0 Å². The number of ether oxygens (including phenoxy) is 1. The van der Waals surface area contributed by atoms with Gasteiger partial charge in [0, 0.05) is 13.1 Å². The normalized spacial score (nSPS) is 10.9. The third kappa shape index (κ3) is 5.02. The van der Waals surface area contributed by atoms with Gasteiger partial charge in [0.05, 0.1) is 18.4 Å². The maximum atomic E-state index is 13.7. The third-order valence-electron chi connectivity index (χ3n) is 2.64. The molecule has 0 aliphatic rings. The van der Waals surface area contributed by atoms with E-state index in [1.54, 1.807) is 12.1 Å². The van der Waals surface area contributed by atoms with Crippen LogP contribution in [-0.2, 0) is 4.74 Å². The molecule has 4 heteroatoms. The fourth-order valence-corrected chi connectivity index (χ4v) is 1.74. The Labute approximate surface area is 109 Å². The molecule has 0 bridgehead atoms. The number of hydrogen-bond acceptors (Lipinski definition) is 3. The van der Waals surface area contributed by atoms with Gasteiger partial charge in [-0.1, -0.05) is 12.1 Å². The average Bonchev–Trinajstić information content (AvgIpc) is 2.34. The second-order valence-electron chi connectivity index (χ2n) is 4.50. The molecule has 2 N–H and O–H groups in total. The summed E-state index contributed by atoms with van der Waals surface area (Å²) in [4.78, 5) is 1.99. The molecule has 0 spiro atoms. The van der Waals surface area contributed by atoms with Crippen molar-refractivity contribution in [3.05, 3.63) is 30.1 Å². The Hall–Kier alpha value is -1.13. The van der Waals surface area contributed by atoms with Gasteiger partial charge in [-0.3, -0.25) is 0 Å². The minimum absolute atomic E-state index is 0.195. The molecular formula is C14H23FN2O. The van der Waals surface area contributed by atoms with Crippen molar-refractivity contribution in [2.24, 2.45) is 5.73 Å². The van der Waals surface area contributed by atoms with E-state index in [0.29, 0.717) is 25.4 Å². The van der Waals surface area contributed by atoms with E-state index in [-0.39, 0.29) is 11.9 Å². The lowest BCUT2D eigenvalue weighted by molar-refractivity contribution is 0.0840. The molecule has 0 saturated carbocycles. The Balaban J connectivity index is 2.62. The van der Waals surface area contributed by atoms with Gasteiger partial charge in [-0.05, 0) is 38.9 Å². The molecule has 0 aliphatic carbocycles. The number of anilines is 1. The zero-order valence-electron chi connectivity index (χ0n) is 11.2. The van der Waals surface area contributed by atoms with Crippen LogP contribution in [-0.4, -0.2) is 32.3 Å². The first-order valence-corrected chi connectivity index (χ1v) is 6.46. The van der Waals surface area contributed by atoms with Crippen LogP contribution in [0.1, 0.15) is 20.3 Å². The second kappa shape index (κ2) is 8.06. The van der Waals surface area contributed by atoms with E-state index in [9.17, 15) is 4.39 Å². The van der Waals surface area contributed by atoms with Crippen LogP contribution in [0.4, 0.5) is 10.1 Å². The van der Waals surface area contributed by atoms with Gasteiger partial charge in [-0.25, -0.2) is 4.39 Å². The van der Waals surface area contributed by atoms with Crippen LogP contribution in [0.2, 0.25) is 0 Å². The first-order chi connectivity index (χ1) is 8.65. The fourth-order valence-electron chi connectivity index (χ4n) is 1.74. The van der Waals surface area contributed by atoms with Gasteiger partial charge >= 0.3 is 0 Å². The summed E-state index contributed by atoms with van der Waals surface area (Å²) in [6, 6.07) is 6.82. The summed E-state index contributed by atoms with van der Waals surface area (Å²) in [5, 5.41) is 0. The van der Waals surface area contributed by atoms with Crippen molar-refractivity contribution in [3.8, 4) is 0 Å². The van der Waals surface area contributed by atoms with Crippen LogP contribution in [0.3, 0.4) is 0 Å². The third-order valence-corrected chi connectivity index (χ3v) is 2.64. The summed E-state index contributed by atoms with van der Waals surface area (Å²) in [6.07, 6.45) is 1.04. The summed E-state index contributed by atoms with van der Waals surface area (Å²) in [5.74, 6) is -0.195. The van der Waals surface area contributed by atoms with E-state index >= 15 is 0 Å². The first kappa shape index (κ1) is 14.9. The summed E-state index contributed by atoms with van der Waals surface area (Å²) < 4.78 is 19.3.